The van der Waals surface area contributed by atoms with Gasteiger partial charge in [-0.1, -0.05) is 42.5 Å². The van der Waals surface area contributed by atoms with Crippen molar-refractivity contribution in [2.75, 3.05) is 13.2 Å². The van der Waals surface area contributed by atoms with Crippen LogP contribution in [0.5, 0.6) is 0 Å². The summed E-state index contributed by atoms with van der Waals surface area (Å²) in [4.78, 5) is 41.2. The minimum absolute atomic E-state index is 0.148. The van der Waals surface area contributed by atoms with Gasteiger partial charge in [0.25, 0.3) is 0 Å². The van der Waals surface area contributed by atoms with E-state index in [1.54, 1.807) is 26.0 Å². The van der Waals surface area contributed by atoms with Gasteiger partial charge < -0.3 is 4.74 Å². The summed E-state index contributed by atoms with van der Waals surface area (Å²) in [7, 11) is 0. The van der Waals surface area contributed by atoms with Gasteiger partial charge in [0.15, 0.2) is 0 Å². The van der Waals surface area contributed by atoms with Crippen molar-refractivity contribution >= 4 is 17.8 Å². The van der Waals surface area contributed by atoms with E-state index in [0.29, 0.717) is 5.56 Å². The first-order chi connectivity index (χ1) is 14.9. The maximum atomic E-state index is 13.5. The summed E-state index contributed by atoms with van der Waals surface area (Å²) < 4.78 is 19.0. The molecule has 2 aliphatic heterocycles. The van der Waals surface area contributed by atoms with E-state index in [0.717, 1.165) is 5.56 Å². The summed E-state index contributed by atoms with van der Waals surface area (Å²) in [6.45, 7) is 3.82. The number of hydrogen-bond acceptors (Lipinski definition) is 5. The smallest absolute Gasteiger partial charge is 0.327 e. The number of imide groups is 1. The van der Waals surface area contributed by atoms with E-state index in [2.05, 4.69) is 5.32 Å². The van der Waals surface area contributed by atoms with Crippen molar-refractivity contribution in [1.29, 1.82) is 0 Å². The van der Waals surface area contributed by atoms with Gasteiger partial charge >= 0.3 is 5.97 Å². The van der Waals surface area contributed by atoms with Crippen LogP contribution in [-0.4, -0.2) is 41.4 Å². The number of likely N-dealkylation sites (tertiary alicyclic amines) is 1. The minimum Gasteiger partial charge on any atom is -0.465 e. The molecule has 0 radical (unpaired) electrons. The van der Waals surface area contributed by atoms with Crippen molar-refractivity contribution in [3.63, 3.8) is 0 Å². The molecule has 4 atom stereocenters. The first-order valence-electron chi connectivity index (χ1n) is 10.5. The standard InChI is InChI=1S/C24H25FN2O4/c1-3-27-21(28)18-19(22(27)29)24(23(30)31-4-2,14-15-8-6-5-7-9-15)26-20(18)16-10-12-17(25)13-11-16/h5-13,18-20,26H,3-4,14H2,1-2H3/t18-,19+,20+,24-/m1/s1. The number of nitrogens with one attached hydrogen (secondary N) is 1. The Labute approximate surface area is 180 Å². The van der Waals surface area contributed by atoms with Crippen LogP contribution in [0.3, 0.4) is 0 Å². The van der Waals surface area contributed by atoms with Gasteiger partial charge in [0.2, 0.25) is 11.8 Å². The Kier molecular flexibility index (Phi) is 5.62. The Morgan fingerprint density at radius 3 is 2.35 bits per heavy atom. The first kappa shape index (κ1) is 21.2. The Balaban J connectivity index is 1.86. The molecule has 2 amide bonds. The van der Waals surface area contributed by atoms with Crippen LogP contribution in [0, 0.1) is 17.7 Å². The molecule has 0 saturated carbocycles. The third-order valence-electron chi connectivity index (χ3n) is 6.26. The lowest BCUT2D eigenvalue weighted by Gasteiger charge is -2.33. The van der Waals surface area contributed by atoms with Crippen LogP contribution in [0.15, 0.2) is 54.6 Å². The largest absolute Gasteiger partial charge is 0.465 e. The summed E-state index contributed by atoms with van der Waals surface area (Å²) in [6, 6.07) is 14.5. The molecule has 0 aliphatic carbocycles. The molecule has 2 heterocycles. The molecular weight excluding hydrogens is 399 g/mol. The number of hydrogen-bond donors (Lipinski definition) is 1. The molecule has 2 aromatic rings. The summed E-state index contributed by atoms with van der Waals surface area (Å²) in [5.74, 6) is -3.33. The fourth-order valence-electron chi connectivity index (χ4n) is 4.93. The number of amides is 2. The van der Waals surface area contributed by atoms with Crippen LogP contribution in [0.1, 0.15) is 31.0 Å². The Hall–Kier alpha value is -3.06. The van der Waals surface area contributed by atoms with Crippen molar-refractivity contribution in [3.05, 3.63) is 71.5 Å². The Bertz CT molecular complexity index is 994. The number of esters is 1. The molecule has 0 unspecified atom stereocenters. The van der Waals surface area contributed by atoms with E-state index in [1.807, 2.05) is 30.3 Å². The van der Waals surface area contributed by atoms with Crippen molar-refractivity contribution in [1.82, 2.24) is 10.2 Å². The number of ether oxygens (including phenoxy) is 1. The molecule has 31 heavy (non-hydrogen) atoms. The lowest BCUT2D eigenvalue weighted by atomic mass is 9.76. The van der Waals surface area contributed by atoms with Crippen LogP contribution < -0.4 is 5.32 Å². The highest BCUT2D eigenvalue weighted by Crippen LogP contribution is 2.50. The molecule has 6 nitrogen and oxygen atoms in total. The number of rotatable bonds is 6. The molecule has 1 N–H and O–H groups in total. The second-order valence-electron chi connectivity index (χ2n) is 7.95. The van der Waals surface area contributed by atoms with Crippen LogP contribution in [0.25, 0.3) is 0 Å². The molecule has 0 spiro atoms. The number of carbonyl (C=O) groups excluding carboxylic acids is 3. The molecule has 4 rings (SSSR count). The molecule has 2 aromatic carbocycles. The number of fused-ring (bicyclic) bond motifs is 1. The summed E-state index contributed by atoms with van der Waals surface area (Å²) in [6.07, 6.45) is 0.197. The molecule has 2 fully saturated rings. The zero-order valence-electron chi connectivity index (χ0n) is 17.5. The summed E-state index contributed by atoms with van der Waals surface area (Å²) in [5, 5.41) is 3.32. The minimum atomic E-state index is -1.41. The van der Waals surface area contributed by atoms with Gasteiger partial charge in [-0.3, -0.25) is 24.6 Å². The van der Waals surface area contributed by atoms with E-state index in [-0.39, 0.29) is 31.4 Å². The van der Waals surface area contributed by atoms with Gasteiger partial charge in [0.05, 0.1) is 18.4 Å². The van der Waals surface area contributed by atoms with E-state index >= 15 is 0 Å². The predicted octanol–water partition coefficient (Wildman–Crippen LogP) is 2.64. The average molecular weight is 424 g/mol. The monoisotopic (exact) mass is 424 g/mol. The lowest BCUT2D eigenvalue weighted by molar-refractivity contribution is -0.156. The van der Waals surface area contributed by atoms with Gasteiger partial charge in [-0.25, -0.2) is 4.39 Å². The predicted molar refractivity (Wildman–Crippen MR) is 111 cm³/mol. The van der Waals surface area contributed by atoms with Crippen molar-refractivity contribution in [2.24, 2.45) is 11.8 Å². The zero-order chi connectivity index (χ0) is 22.2. The SMILES string of the molecule is CCOC(=O)[C@]1(Cc2ccccc2)N[C@@H](c2ccc(F)cc2)[C@@H]2C(=O)N(CC)C(=O)[C@H]21. The number of benzene rings is 2. The van der Waals surface area contributed by atoms with E-state index in [4.69, 9.17) is 4.74 Å². The molecule has 2 saturated heterocycles. The van der Waals surface area contributed by atoms with Gasteiger partial charge in [0, 0.05) is 19.0 Å². The van der Waals surface area contributed by atoms with E-state index in [9.17, 15) is 18.8 Å². The molecule has 7 heteroatoms. The normalized spacial score (nSPS) is 27.5. The Morgan fingerprint density at radius 2 is 1.74 bits per heavy atom. The van der Waals surface area contributed by atoms with Crippen molar-refractivity contribution < 1.29 is 23.5 Å². The molecule has 162 valence electrons. The highest BCUT2D eigenvalue weighted by Gasteiger charge is 2.68. The van der Waals surface area contributed by atoms with E-state index < -0.39 is 35.2 Å². The topological polar surface area (TPSA) is 75.7 Å². The quantitative estimate of drug-likeness (QED) is 0.570. The van der Waals surface area contributed by atoms with Crippen molar-refractivity contribution in [2.45, 2.75) is 31.8 Å². The third kappa shape index (κ3) is 3.43. The second kappa shape index (κ2) is 8.23. The van der Waals surface area contributed by atoms with Gasteiger partial charge in [0.1, 0.15) is 11.4 Å². The fraction of sp³-hybridized carbons (Fsp3) is 0.375. The first-order valence-corrected chi connectivity index (χ1v) is 10.5. The van der Waals surface area contributed by atoms with Gasteiger partial charge in [-0.15, -0.1) is 0 Å². The maximum absolute atomic E-state index is 13.5. The van der Waals surface area contributed by atoms with Crippen LogP contribution in [0.4, 0.5) is 4.39 Å². The third-order valence-corrected chi connectivity index (χ3v) is 6.26. The fourth-order valence-corrected chi connectivity index (χ4v) is 4.93. The maximum Gasteiger partial charge on any atom is 0.327 e. The molecular formula is C24H25FN2O4. The van der Waals surface area contributed by atoms with E-state index in [1.165, 1.54) is 17.0 Å². The number of nitrogens with zero attached hydrogens (tertiary/aromatic N) is 1. The molecule has 0 bridgehead atoms. The van der Waals surface area contributed by atoms with Crippen LogP contribution in [-0.2, 0) is 25.5 Å². The molecule has 2 aliphatic rings. The zero-order valence-corrected chi connectivity index (χ0v) is 17.5. The average Bonchev–Trinajstić information content (AvgIpc) is 3.24. The highest BCUT2D eigenvalue weighted by molar-refractivity contribution is 6.09. The number of halogens is 1. The summed E-state index contributed by atoms with van der Waals surface area (Å²) >= 11 is 0. The van der Waals surface area contributed by atoms with Crippen LogP contribution in [0.2, 0.25) is 0 Å². The van der Waals surface area contributed by atoms with Crippen molar-refractivity contribution in [3.8, 4) is 0 Å². The lowest BCUT2D eigenvalue weighted by Crippen LogP contribution is -2.58. The van der Waals surface area contributed by atoms with Gasteiger partial charge in [-0.05, 0) is 37.1 Å². The molecule has 0 aromatic heterocycles. The summed E-state index contributed by atoms with van der Waals surface area (Å²) in [5.41, 5.74) is 0.0871. The van der Waals surface area contributed by atoms with Gasteiger partial charge in [-0.2, -0.15) is 0 Å². The van der Waals surface area contributed by atoms with Crippen LogP contribution >= 0.6 is 0 Å². The number of carbonyl (C=O) groups is 3. The highest BCUT2D eigenvalue weighted by atomic mass is 19.1. The Morgan fingerprint density at radius 1 is 1.06 bits per heavy atom. The second-order valence-corrected chi connectivity index (χ2v) is 7.95.